The lowest BCUT2D eigenvalue weighted by Gasteiger charge is -1.99. The summed E-state index contributed by atoms with van der Waals surface area (Å²) in [5.74, 6) is 0. The zero-order valence-corrected chi connectivity index (χ0v) is 8.75. The lowest BCUT2D eigenvalue weighted by atomic mass is 10.3. The second-order valence-electron chi connectivity index (χ2n) is 2.78. The molecular formula is C7H6ClN3O2S. The van der Waals surface area contributed by atoms with Gasteiger partial charge in [-0.1, -0.05) is 0 Å². The van der Waals surface area contributed by atoms with Crippen molar-refractivity contribution in [1.29, 1.82) is 0 Å². The molecule has 0 fully saturated rings. The number of fused-ring (bicyclic) bond motifs is 1. The fourth-order valence-electron chi connectivity index (χ4n) is 1.28. The van der Waals surface area contributed by atoms with Crippen molar-refractivity contribution < 1.29 is 8.42 Å². The van der Waals surface area contributed by atoms with Crippen LogP contribution in [0.3, 0.4) is 0 Å². The van der Waals surface area contributed by atoms with Gasteiger partial charge in [-0.2, -0.15) is 5.10 Å². The summed E-state index contributed by atoms with van der Waals surface area (Å²) in [7, 11) is 3.13. The first-order valence-electron chi connectivity index (χ1n) is 3.70. The van der Waals surface area contributed by atoms with Gasteiger partial charge in [0.15, 0.2) is 0 Å². The Morgan fingerprint density at radius 3 is 2.71 bits per heavy atom. The van der Waals surface area contributed by atoms with Crippen molar-refractivity contribution in [1.82, 2.24) is 14.8 Å². The van der Waals surface area contributed by atoms with Gasteiger partial charge in [0.2, 0.25) is 0 Å². The molecule has 0 atom stereocenters. The molecule has 2 aromatic rings. The van der Waals surface area contributed by atoms with E-state index in [2.05, 4.69) is 10.1 Å². The van der Waals surface area contributed by atoms with Crippen LogP contribution < -0.4 is 0 Å². The number of aryl methyl sites for hydroxylation is 1. The van der Waals surface area contributed by atoms with Crippen molar-refractivity contribution in [3.8, 4) is 0 Å². The van der Waals surface area contributed by atoms with Crippen molar-refractivity contribution in [2.45, 2.75) is 4.90 Å². The summed E-state index contributed by atoms with van der Waals surface area (Å²) < 4.78 is 23.8. The Bertz CT molecular complexity index is 590. The van der Waals surface area contributed by atoms with Gasteiger partial charge in [0, 0.05) is 35.5 Å². The van der Waals surface area contributed by atoms with E-state index >= 15 is 0 Å². The van der Waals surface area contributed by atoms with Crippen LogP contribution in [0.25, 0.3) is 10.9 Å². The molecule has 0 bridgehead atoms. The molecule has 0 unspecified atom stereocenters. The quantitative estimate of drug-likeness (QED) is 0.684. The van der Waals surface area contributed by atoms with Crippen molar-refractivity contribution in [2.24, 2.45) is 7.05 Å². The number of hydrogen-bond acceptors (Lipinski definition) is 4. The number of pyridine rings is 1. The van der Waals surface area contributed by atoms with Crippen LogP contribution in [0.1, 0.15) is 0 Å². The summed E-state index contributed by atoms with van der Waals surface area (Å²) in [6, 6.07) is 0. The van der Waals surface area contributed by atoms with E-state index in [4.69, 9.17) is 10.7 Å². The number of halogens is 1. The minimum absolute atomic E-state index is 0.0170. The van der Waals surface area contributed by atoms with E-state index in [1.807, 2.05) is 0 Å². The van der Waals surface area contributed by atoms with Gasteiger partial charge in [0.1, 0.15) is 4.90 Å². The Morgan fingerprint density at radius 2 is 2.07 bits per heavy atom. The van der Waals surface area contributed by atoms with E-state index < -0.39 is 9.05 Å². The molecule has 74 valence electrons. The maximum atomic E-state index is 11.2. The van der Waals surface area contributed by atoms with Gasteiger partial charge in [-0.15, -0.1) is 0 Å². The molecule has 0 saturated heterocycles. The molecule has 2 rings (SSSR count). The Labute approximate surface area is 84.7 Å². The van der Waals surface area contributed by atoms with Gasteiger partial charge in [-0.05, 0) is 0 Å². The summed E-state index contributed by atoms with van der Waals surface area (Å²) >= 11 is 0. The average Bonchev–Trinajstić information content (AvgIpc) is 2.46. The summed E-state index contributed by atoms with van der Waals surface area (Å²) in [5.41, 5.74) is 0.468. The molecule has 0 saturated carbocycles. The predicted molar refractivity (Wildman–Crippen MR) is 51.5 cm³/mol. The average molecular weight is 232 g/mol. The van der Waals surface area contributed by atoms with Crippen LogP contribution in [0.4, 0.5) is 0 Å². The highest BCUT2D eigenvalue weighted by atomic mass is 35.7. The number of hydrogen-bond donors (Lipinski definition) is 0. The lowest BCUT2D eigenvalue weighted by Crippen LogP contribution is -1.98. The van der Waals surface area contributed by atoms with Crippen molar-refractivity contribution in [3.05, 3.63) is 18.6 Å². The van der Waals surface area contributed by atoms with Crippen LogP contribution in [0.5, 0.6) is 0 Å². The van der Waals surface area contributed by atoms with Gasteiger partial charge in [-0.3, -0.25) is 9.67 Å². The SMILES string of the molecule is Cn1ncc2cncc(S(=O)(=O)Cl)c21. The summed E-state index contributed by atoms with van der Waals surface area (Å²) in [5, 5.41) is 4.57. The highest BCUT2D eigenvalue weighted by Gasteiger charge is 2.17. The molecule has 0 spiro atoms. The van der Waals surface area contributed by atoms with E-state index in [0.29, 0.717) is 10.9 Å². The van der Waals surface area contributed by atoms with E-state index in [0.717, 1.165) is 0 Å². The molecule has 0 aliphatic rings. The van der Waals surface area contributed by atoms with Gasteiger partial charge in [0.25, 0.3) is 9.05 Å². The minimum Gasteiger partial charge on any atom is -0.266 e. The molecule has 14 heavy (non-hydrogen) atoms. The zero-order valence-electron chi connectivity index (χ0n) is 7.18. The zero-order chi connectivity index (χ0) is 10.3. The third-order valence-corrected chi connectivity index (χ3v) is 3.19. The molecule has 7 heteroatoms. The molecule has 0 aliphatic carbocycles. The Balaban J connectivity index is 2.96. The topological polar surface area (TPSA) is 64.8 Å². The third kappa shape index (κ3) is 1.36. The van der Waals surface area contributed by atoms with Gasteiger partial charge < -0.3 is 0 Å². The maximum absolute atomic E-state index is 11.2. The molecule has 2 heterocycles. The molecule has 2 aromatic heterocycles. The van der Waals surface area contributed by atoms with Gasteiger partial charge >= 0.3 is 0 Å². The third-order valence-electron chi connectivity index (χ3n) is 1.87. The molecular weight excluding hydrogens is 226 g/mol. The Hall–Kier alpha value is -1.14. The van der Waals surface area contributed by atoms with Gasteiger partial charge in [-0.25, -0.2) is 8.42 Å². The van der Waals surface area contributed by atoms with Crippen LogP contribution in [-0.4, -0.2) is 23.2 Å². The molecule has 0 N–H and O–H groups in total. The van der Waals surface area contributed by atoms with Crippen LogP contribution in [0, 0.1) is 0 Å². The summed E-state index contributed by atoms with van der Waals surface area (Å²) in [6.07, 6.45) is 4.29. The molecule has 0 aromatic carbocycles. The highest BCUT2D eigenvalue weighted by Crippen LogP contribution is 2.23. The van der Waals surface area contributed by atoms with Crippen LogP contribution in [0.15, 0.2) is 23.5 Å². The monoisotopic (exact) mass is 231 g/mol. The standard InChI is InChI=1S/C7H6ClN3O2S/c1-11-7-5(3-10-11)2-9-4-6(7)14(8,12)13/h2-4H,1H3. The molecule has 5 nitrogen and oxygen atoms in total. The van der Waals surface area contributed by atoms with E-state index in [9.17, 15) is 8.42 Å². The first-order valence-corrected chi connectivity index (χ1v) is 6.01. The minimum atomic E-state index is -3.77. The molecule has 0 aliphatic heterocycles. The van der Waals surface area contributed by atoms with E-state index in [1.54, 1.807) is 7.05 Å². The highest BCUT2D eigenvalue weighted by molar-refractivity contribution is 8.13. The van der Waals surface area contributed by atoms with Crippen LogP contribution >= 0.6 is 10.7 Å². The van der Waals surface area contributed by atoms with E-state index in [1.165, 1.54) is 23.3 Å². The fraction of sp³-hybridized carbons (Fsp3) is 0.143. The smallest absolute Gasteiger partial charge is 0.264 e. The number of aromatic nitrogens is 3. The van der Waals surface area contributed by atoms with Crippen molar-refractivity contribution >= 4 is 30.6 Å². The largest absolute Gasteiger partial charge is 0.266 e. The second-order valence-corrected chi connectivity index (χ2v) is 5.32. The van der Waals surface area contributed by atoms with Gasteiger partial charge in [0.05, 0.1) is 11.7 Å². The molecule has 0 amide bonds. The predicted octanol–water partition coefficient (Wildman–Crippen LogP) is 0.896. The molecule has 0 radical (unpaired) electrons. The normalized spacial score (nSPS) is 12.1. The Morgan fingerprint density at radius 1 is 1.36 bits per heavy atom. The van der Waals surface area contributed by atoms with Crippen LogP contribution in [-0.2, 0) is 16.1 Å². The maximum Gasteiger partial charge on any atom is 0.264 e. The fourth-order valence-corrected chi connectivity index (χ4v) is 2.28. The second kappa shape index (κ2) is 2.93. The summed E-state index contributed by atoms with van der Waals surface area (Å²) in [6.45, 7) is 0. The first kappa shape index (κ1) is 9.42. The number of nitrogens with zero attached hydrogens (tertiary/aromatic N) is 3. The van der Waals surface area contributed by atoms with Crippen molar-refractivity contribution in [3.63, 3.8) is 0 Å². The van der Waals surface area contributed by atoms with Crippen LogP contribution in [0.2, 0.25) is 0 Å². The van der Waals surface area contributed by atoms with E-state index in [-0.39, 0.29) is 4.90 Å². The number of rotatable bonds is 1. The van der Waals surface area contributed by atoms with Crippen molar-refractivity contribution in [2.75, 3.05) is 0 Å². The first-order chi connectivity index (χ1) is 6.50. The lowest BCUT2D eigenvalue weighted by molar-refractivity contribution is 0.609. The Kier molecular flexibility index (Phi) is 1.97. The summed E-state index contributed by atoms with van der Waals surface area (Å²) in [4.78, 5) is 3.76.